The molecule has 0 aliphatic carbocycles. The van der Waals surface area contributed by atoms with Crippen molar-refractivity contribution in [3.63, 3.8) is 0 Å². The predicted octanol–water partition coefficient (Wildman–Crippen LogP) is -0.330. The Morgan fingerprint density at radius 3 is 2.47 bits per heavy atom. The normalized spacial score (nSPS) is 10.8. The Balaban J connectivity index is 2.76. The van der Waals surface area contributed by atoms with E-state index >= 15 is 0 Å². The molecule has 0 atom stereocenters. The van der Waals surface area contributed by atoms with Crippen LogP contribution in [-0.4, -0.2) is 27.0 Å². The lowest BCUT2D eigenvalue weighted by molar-refractivity contribution is -0.121. The molecular weight excluding hydrogens is 342 g/mol. The Hall–Kier alpha value is -1.65. The van der Waals surface area contributed by atoms with E-state index in [0.717, 1.165) is 0 Å². The summed E-state index contributed by atoms with van der Waals surface area (Å²) in [5.41, 5.74) is 4.74. The van der Waals surface area contributed by atoms with Crippen molar-refractivity contribution < 1.29 is 22.7 Å². The third kappa shape index (κ3) is 4.85. The zero-order valence-electron chi connectivity index (χ0n) is 9.42. The fraction of sp³-hybridized carbons (Fsp3) is 0.111. The molecule has 0 heterocycles. The molecule has 1 aromatic rings. The van der Waals surface area contributed by atoms with Crippen molar-refractivity contribution in [3.8, 4) is 5.75 Å². The number of nitrogens with one attached hydrogen (secondary N) is 1. The van der Waals surface area contributed by atoms with Crippen LogP contribution < -0.4 is 20.9 Å². The largest absolute Gasteiger partial charge is 0.483 e. The molecule has 0 aliphatic rings. The Morgan fingerprint density at radius 2 is 2.00 bits per heavy atom. The van der Waals surface area contributed by atoms with Crippen LogP contribution in [0.4, 0.5) is 4.79 Å². The topological polar surface area (TPSA) is 142 Å². The summed E-state index contributed by atoms with van der Waals surface area (Å²) in [4.78, 5) is 21.4. The number of primary sulfonamides is 1. The highest BCUT2D eigenvalue weighted by molar-refractivity contribution is 9.10. The molecule has 0 saturated carbocycles. The first-order chi connectivity index (χ1) is 8.70. The van der Waals surface area contributed by atoms with Gasteiger partial charge in [-0.1, -0.05) is 0 Å². The van der Waals surface area contributed by atoms with Gasteiger partial charge in [-0.2, -0.15) is 0 Å². The van der Waals surface area contributed by atoms with Crippen molar-refractivity contribution in [2.24, 2.45) is 10.9 Å². The van der Waals surface area contributed by atoms with Crippen LogP contribution in [0.25, 0.3) is 0 Å². The van der Waals surface area contributed by atoms with Crippen LogP contribution in [0.3, 0.4) is 0 Å². The third-order valence-electron chi connectivity index (χ3n) is 1.85. The third-order valence-corrected chi connectivity index (χ3v) is 3.38. The van der Waals surface area contributed by atoms with E-state index in [4.69, 9.17) is 15.6 Å². The summed E-state index contributed by atoms with van der Waals surface area (Å²) in [5.74, 6) is -0.512. The van der Waals surface area contributed by atoms with Gasteiger partial charge in [0, 0.05) is 0 Å². The predicted molar refractivity (Wildman–Crippen MR) is 68.7 cm³/mol. The van der Waals surface area contributed by atoms with Crippen molar-refractivity contribution in [3.05, 3.63) is 22.7 Å². The van der Waals surface area contributed by atoms with E-state index in [1.54, 1.807) is 0 Å². The van der Waals surface area contributed by atoms with Gasteiger partial charge < -0.3 is 10.5 Å². The van der Waals surface area contributed by atoms with Crippen LogP contribution in [-0.2, 0) is 14.8 Å². The molecule has 3 amide bonds. The van der Waals surface area contributed by atoms with E-state index < -0.39 is 28.6 Å². The van der Waals surface area contributed by atoms with Crippen molar-refractivity contribution in [2.75, 3.05) is 6.61 Å². The van der Waals surface area contributed by atoms with Crippen LogP contribution in [0.1, 0.15) is 0 Å². The number of primary amides is 1. The first-order valence-electron chi connectivity index (χ1n) is 4.74. The van der Waals surface area contributed by atoms with Crippen molar-refractivity contribution in [1.29, 1.82) is 0 Å². The fourth-order valence-electron chi connectivity index (χ4n) is 1.09. The minimum atomic E-state index is -3.82. The van der Waals surface area contributed by atoms with Gasteiger partial charge in [-0.3, -0.25) is 10.1 Å². The number of imide groups is 1. The van der Waals surface area contributed by atoms with Gasteiger partial charge in [0.2, 0.25) is 10.0 Å². The van der Waals surface area contributed by atoms with Gasteiger partial charge in [0.1, 0.15) is 5.75 Å². The van der Waals surface area contributed by atoms with Crippen molar-refractivity contribution in [1.82, 2.24) is 5.32 Å². The fourth-order valence-corrected chi connectivity index (χ4v) is 2.28. The van der Waals surface area contributed by atoms with E-state index in [0.29, 0.717) is 4.47 Å². The van der Waals surface area contributed by atoms with Gasteiger partial charge in [-0.05, 0) is 34.1 Å². The molecule has 8 nitrogen and oxygen atoms in total. The summed E-state index contributed by atoms with van der Waals surface area (Å²) in [6.07, 6.45) is 0. The average Bonchev–Trinajstić information content (AvgIpc) is 2.25. The number of carbonyl (C=O) groups is 2. The number of urea groups is 1. The van der Waals surface area contributed by atoms with Gasteiger partial charge in [0.05, 0.1) is 9.37 Å². The van der Waals surface area contributed by atoms with Gasteiger partial charge >= 0.3 is 6.03 Å². The van der Waals surface area contributed by atoms with E-state index in [9.17, 15) is 18.0 Å². The summed E-state index contributed by atoms with van der Waals surface area (Å²) < 4.78 is 27.5. The molecule has 0 bridgehead atoms. The maximum atomic E-state index is 11.1. The molecule has 0 spiro atoms. The second kappa shape index (κ2) is 5.99. The average molecular weight is 352 g/mol. The maximum Gasteiger partial charge on any atom is 0.318 e. The van der Waals surface area contributed by atoms with Crippen LogP contribution in [0.15, 0.2) is 27.6 Å². The summed E-state index contributed by atoms with van der Waals surface area (Å²) in [6, 6.07) is 2.79. The van der Waals surface area contributed by atoms with Crippen LogP contribution in [0.2, 0.25) is 0 Å². The van der Waals surface area contributed by atoms with Gasteiger partial charge in [0.15, 0.2) is 6.61 Å². The highest BCUT2D eigenvalue weighted by Crippen LogP contribution is 2.27. The first-order valence-corrected chi connectivity index (χ1v) is 7.08. The first kappa shape index (κ1) is 15.4. The standard InChI is InChI=1S/C9H10BrN3O5S/c10-6-3-5(19(12,16)17)1-2-7(6)18-4-8(14)13-9(11)15/h1-3H,4H2,(H2,12,16,17)(H3,11,13,14,15). The summed E-state index contributed by atoms with van der Waals surface area (Å²) in [5, 5.41) is 6.76. The van der Waals surface area contributed by atoms with Gasteiger partial charge in [-0.15, -0.1) is 0 Å². The Kier molecular flexibility index (Phi) is 4.86. The highest BCUT2D eigenvalue weighted by Gasteiger charge is 2.12. The summed E-state index contributed by atoms with van der Waals surface area (Å²) in [7, 11) is -3.82. The molecule has 104 valence electrons. The number of benzene rings is 1. The molecule has 0 aromatic heterocycles. The Morgan fingerprint density at radius 1 is 1.37 bits per heavy atom. The SMILES string of the molecule is NC(=O)NC(=O)COc1ccc(S(N)(=O)=O)cc1Br. The molecule has 10 heteroatoms. The minimum absolute atomic E-state index is 0.103. The van der Waals surface area contributed by atoms with Crippen molar-refractivity contribution in [2.45, 2.75) is 4.90 Å². The van der Waals surface area contributed by atoms with Gasteiger partial charge in [0.25, 0.3) is 5.91 Å². The van der Waals surface area contributed by atoms with E-state index in [-0.39, 0.29) is 10.6 Å². The van der Waals surface area contributed by atoms with E-state index in [1.807, 2.05) is 5.32 Å². The number of amides is 3. The molecule has 1 aromatic carbocycles. The molecule has 19 heavy (non-hydrogen) atoms. The number of rotatable bonds is 4. The van der Waals surface area contributed by atoms with Gasteiger partial charge in [-0.25, -0.2) is 18.4 Å². The lowest BCUT2D eigenvalue weighted by Gasteiger charge is -2.08. The molecule has 1 rings (SSSR count). The number of ether oxygens (including phenoxy) is 1. The molecule has 0 aliphatic heterocycles. The number of hydrogen-bond acceptors (Lipinski definition) is 5. The lowest BCUT2D eigenvalue weighted by Crippen LogP contribution is -2.38. The monoisotopic (exact) mass is 351 g/mol. The smallest absolute Gasteiger partial charge is 0.318 e. The molecule has 0 saturated heterocycles. The molecule has 0 radical (unpaired) electrons. The summed E-state index contributed by atoms with van der Waals surface area (Å²) in [6.45, 7) is -0.448. The van der Waals surface area contributed by atoms with E-state index in [2.05, 4.69) is 15.9 Å². The highest BCUT2D eigenvalue weighted by atomic mass is 79.9. The lowest BCUT2D eigenvalue weighted by atomic mass is 10.3. The number of carbonyl (C=O) groups excluding carboxylic acids is 2. The Bertz CT molecular complexity index is 616. The van der Waals surface area contributed by atoms with Crippen LogP contribution in [0, 0.1) is 0 Å². The van der Waals surface area contributed by atoms with E-state index in [1.165, 1.54) is 18.2 Å². The van der Waals surface area contributed by atoms with Crippen LogP contribution in [0.5, 0.6) is 5.75 Å². The number of sulfonamides is 1. The summed E-state index contributed by atoms with van der Waals surface area (Å²) >= 11 is 3.07. The molecule has 0 unspecified atom stereocenters. The Labute approximate surface area is 117 Å². The number of hydrogen-bond donors (Lipinski definition) is 3. The zero-order valence-corrected chi connectivity index (χ0v) is 11.8. The quantitative estimate of drug-likeness (QED) is 0.680. The number of nitrogens with two attached hydrogens (primary N) is 2. The molecule has 0 fully saturated rings. The molecule has 5 N–H and O–H groups in total. The van der Waals surface area contributed by atoms with Crippen molar-refractivity contribution >= 4 is 37.9 Å². The van der Waals surface area contributed by atoms with Crippen LogP contribution >= 0.6 is 15.9 Å². The minimum Gasteiger partial charge on any atom is -0.483 e. The number of halogens is 1. The second-order valence-electron chi connectivity index (χ2n) is 3.34. The molecular formula is C9H10BrN3O5S. The second-order valence-corrected chi connectivity index (χ2v) is 5.75. The zero-order chi connectivity index (χ0) is 14.6. The maximum absolute atomic E-state index is 11.1.